The van der Waals surface area contributed by atoms with E-state index in [0.29, 0.717) is 23.1 Å². The van der Waals surface area contributed by atoms with Gasteiger partial charge >= 0.3 is 0 Å². The Morgan fingerprint density at radius 3 is 2.80 bits per heavy atom. The fourth-order valence-electron chi connectivity index (χ4n) is 3.28. The number of nitriles is 1. The van der Waals surface area contributed by atoms with Crippen LogP contribution in [0.1, 0.15) is 18.4 Å². The molecule has 0 spiro atoms. The van der Waals surface area contributed by atoms with Gasteiger partial charge in [-0.25, -0.2) is 9.97 Å². The van der Waals surface area contributed by atoms with E-state index in [0.717, 1.165) is 42.9 Å². The number of hydrogen-bond acceptors (Lipinski definition) is 8. The summed E-state index contributed by atoms with van der Waals surface area (Å²) < 4.78 is 11.3. The van der Waals surface area contributed by atoms with E-state index in [1.54, 1.807) is 13.2 Å². The first-order chi connectivity index (χ1) is 14.7. The lowest BCUT2D eigenvalue weighted by molar-refractivity contribution is 0.162. The molecule has 2 heterocycles. The fourth-order valence-corrected chi connectivity index (χ4v) is 3.28. The second-order valence-corrected chi connectivity index (χ2v) is 6.88. The van der Waals surface area contributed by atoms with E-state index in [1.165, 1.54) is 6.33 Å². The van der Waals surface area contributed by atoms with Crippen molar-refractivity contribution in [1.29, 1.82) is 5.26 Å². The van der Waals surface area contributed by atoms with Crippen LogP contribution in [0.25, 0.3) is 11.4 Å². The molecule has 8 heteroatoms. The summed E-state index contributed by atoms with van der Waals surface area (Å²) in [6.45, 7) is 1.86. The van der Waals surface area contributed by atoms with Gasteiger partial charge in [0.1, 0.15) is 30.0 Å². The second-order valence-electron chi connectivity index (χ2n) is 6.88. The van der Waals surface area contributed by atoms with Crippen LogP contribution in [0.15, 0.2) is 48.8 Å². The lowest BCUT2D eigenvalue weighted by Crippen LogP contribution is -2.34. The highest BCUT2D eigenvalue weighted by molar-refractivity contribution is 5.63. The first-order valence-corrected chi connectivity index (χ1v) is 9.77. The van der Waals surface area contributed by atoms with Gasteiger partial charge < -0.3 is 20.1 Å². The summed E-state index contributed by atoms with van der Waals surface area (Å²) in [6.07, 6.45) is 3.43. The third-order valence-electron chi connectivity index (χ3n) is 4.84. The smallest absolute Gasteiger partial charge is 0.230 e. The number of ether oxygens (including phenoxy) is 2. The number of piperidine rings is 1. The van der Waals surface area contributed by atoms with Crippen molar-refractivity contribution in [3.05, 3.63) is 54.4 Å². The molecule has 152 valence electrons. The van der Waals surface area contributed by atoms with Gasteiger partial charge in [-0.05, 0) is 56.3 Å². The van der Waals surface area contributed by atoms with Gasteiger partial charge in [0, 0.05) is 17.3 Å². The summed E-state index contributed by atoms with van der Waals surface area (Å²) in [5, 5.41) is 16.1. The SMILES string of the molecule is COc1cccc(Nc2ncnc(-c3ccc(OC4CCNCC4)c(C#N)c3)n2)c1. The Labute approximate surface area is 174 Å². The number of nitrogens with zero attached hydrogens (tertiary/aromatic N) is 4. The third kappa shape index (κ3) is 4.64. The monoisotopic (exact) mass is 402 g/mol. The topological polar surface area (TPSA) is 105 Å². The Balaban J connectivity index is 1.54. The Morgan fingerprint density at radius 1 is 1.13 bits per heavy atom. The molecule has 0 aliphatic carbocycles. The number of anilines is 2. The van der Waals surface area contributed by atoms with Crippen molar-refractivity contribution >= 4 is 11.6 Å². The first-order valence-electron chi connectivity index (χ1n) is 9.77. The molecule has 1 aliphatic heterocycles. The van der Waals surface area contributed by atoms with Crippen LogP contribution in [0.2, 0.25) is 0 Å². The molecule has 0 atom stereocenters. The molecule has 1 aromatic heterocycles. The molecule has 2 aromatic carbocycles. The van der Waals surface area contributed by atoms with Gasteiger partial charge in [0.2, 0.25) is 5.95 Å². The van der Waals surface area contributed by atoms with Crippen molar-refractivity contribution in [2.75, 3.05) is 25.5 Å². The summed E-state index contributed by atoms with van der Waals surface area (Å²) in [4.78, 5) is 12.9. The number of nitrogens with one attached hydrogen (secondary N) is 2. The molecule has 1 fully saturated rings. The summed E-state index contributed by atoms with van der Waals surface area (Å²) in [5.41, 5.74) is 1.99. The number of hydrogen-bond donors (Lipinski definition) is 2. The largest absolute Gasteiger partial charge is 0.497 e. The van der Waals surface area contributed by atoms with Crippen molar-refractivity contribution in [3.8, 4) is 29.0 Å². The van der Waals surface area contributed by atoms with Gasteiger partial charge in [-0.2, -0.15) is 10.2 Å². The average molecular weight is 402 g/mol. The molecular formula is C22H22N6O2. The lowest BCUT2D eigenvalue weighted by Gasteiger charge is -2.24. The van der Waals surface area contributed by atoms with Crippen LogP contribution in [0, 0.1) is 11.3 Å². The molecule has 0 saturated carbocycles. The van der Waals surface area contributed by atoms with Crippen molar-refractivity contribution in [3.63, 3.8) is 0 Å². The Kier molecular flexibility index (Phi) is 6.01. The molecule has 0 unspecified atom stereocenters. The van der Waals surface area contributed by atoms with Crippen molar-refractivity contribution in [2.24, 2.45) is 0 Å². The highest BCUT2D eigenvalue weighted by Crippen LogP contribution is 2.27. The molecule has 30 heavy (non-hydrogen) atoms. The van der Waals surface area contributed by atoms with Gasteiger partial charge in [-0.3, -0.25) is 0 Å². The van der Waals surface area contributed by atoms with E-state index < -0.39 is 0 Å². The van der Waals surface area contributed by atoms with Crippen molar-refractivity contribution in [2.45, 2.75) is 18.9 Å². The lowest BCUT2D eigenvalue weighted by atomic mass is 10.1. The van der Waals surface area contributed by atoms with Crippen LogP contribution < -0.4 is 20.1 Å². The zero-order valence-corrected chi connectivity index (χ0v) is 16.6. The van der Waals surface area contributed by atoms with Crippen LogP contribution in [0.3, 0.4) is 0 Å². The van der Waals surface area contributed by atoms with Gasteiger partial charge in [0.25, 0.3) is 0 Å². The number of methoxy groups -OCH3 is 1. The van der Waals surface area contributed by atoms with E-state index in [9.17, 15) is 5.26 Å². The number of aromatic nitrogens is 3. The molecule has 0 radical (unpaired) electrons. The van der Waals surface area contributed by atoms with Gasteiger partial charge in [0.05, 0.1) is 12.7 Å². The zero-order chi connectivity index (χ0) is 20.8. The summed E-state index contributed by atoms with van der Waals surface area (Å²) in [6, 6.07) is 15.1. The minimum atomic E-state index is 0.125. The van der Waals surface area contributed by atoms with Crippen LogP contribution in [-0.4, -0.2) is 41.3 Å². The maximum Gasteiger partial charge on any atom is 0.230 e. The van der Waals surface area contributed by atoms with Crippen LogP contribution in [0.4, 0.5) is 11.6 Å². The van der Waals surface area contributed by atoms with Gasteiger partial charge in [-0.15, -0.1) is 0 Å². The highest BCUT2D eigenvalue weighted by atomic mass is 16.5. The summed E-state index contributed by atoms with van der Waals surface area (Å²) in [5.74, 6) is 2.20. The predicted molar refractivity (Wildman–Crippen MR) is 113 cm³/mol. The standard InChI is InChI=1S/C22H22N6O2/c1-29-19-4-2-3-17(12-19)27-22-26-14-25-21(28-22)15-5-6-20(16(11-15)13-23)30-18-7-9-24-10-8-18/h2-6,11-12,14,18,24H,7-10H2,1H3,(H,25,26,27,28). The second kappa shape index (κ2) is 9.20. The minimum Gasteiger partial charge on any atom is -0.497 e. The van der Waals surface area contributed by atoms with Gasteiger partial charge in [0.15, 0.2) is 5.82 Å². The third-order valence-corrected chi connectivity index (χ3v) is 4.84. The van der Waals surface area contributed by atoms with E-state index in [-0.39, 0.29) is 6.10 Å². The summed E-state index contributed by atoms with van der Waals surface area (Å²) >= 11 is 0. The predicted octanol–water partition coefficient (Wildman–Crippen LogP) is 3.29. The van der Waals surface area contributed by atoms with E-state index in [2.05, 4.69) is 31.7 Å². The Bertz CT molecular complexity index is 1060. The molecule has 1 saturated heterocycles. The molecule has 2 N–H and O–H groups in total. The van der Waals surface area contributed by atoms with Crippen LogP contribution >= 0.6 is 0 Å². The molecule has 0 bridgehead atoms. The quantitative estimate of drug-likeness (QED) is 0.647. The molecule has 3 aromatic rings. The highest BCUT2D eigenvalue weighted by Gasteiger charge is 2.17. The molecular weight excluding hydrogens is 380 g/mol. The number of benzene rings is 2. The van der Waals surface area contributed by atoms with Gasteiger partial charge in [-0.1, -0.05) is 6.07 Å². The van der Waals surface area contributed by atoms with Crippen LogP contribution in [0.5, 0.6) is 11.5 Å². The summed E-state index contributed by atoms with van der Waals surface area (Å²) in [7, 11) is 1.62. The van der Waals surface area contributed by atoms with E-state index in [4.69, 9.17) is 9.47 Å². The van der Waals surface area contributed by atoms with E-state index in [1.807, 2.05) is 36.4 Å². The maximum absolute atomic E-state index is 9.60. The zero-order valence-electron chi connectivity index (χ0n) is 16.6. The molecule has 0 amide bonds. The fraction of sp³-hybridized carbons (Fsp3) is 0.273. The normalized spacial score (nSPS) is 14.0. The average Bonchev–Trinajstić information content (AvgIpc) is 2.80. The van der Waals surface area contributed by atoms with E-state index >= 15 is 0 Å². The van der Waals surface area contributed by atoms with Crippen molar-refractivity contribution in [1.82, 2.24) is 20.3 Å². The molecule has 1 aliphatic rings. The Morgan fingerprint density at radius 2 is 2.00 bits per heavy atom. The Hall–Kier alpha value is -3.70. The minimum absolute atomic E-state index is 0.125. The first kappa shape index (κ1) is 19.6. The number of rotatable bonds is 6. The molecule has 8 nitrogen and oxygen atoms in total. The molecule has 4 rings (SSSR count). The van der Waals surface area contributed by atoms with Crippen LogP contribution in [-0.2, 0) is 0 Å². The maximum atomic E-state index is 9.60. The van der Waals surface area contributed by atoms with Crippen molar-refractivity contribution < 1.29 is 9.47 Å².